The number of hydrogen-bond acceptors (Lipinski definition) is 3. The van der Waals surface area contributed by atoms with E-state index in [1.165, 1.54) is 12.8 Å². The lowest BCUT2D eigenvalue weighted by molar-refractivity contribution is -0.115. The van der Waals surface area contributed by atoms with E-state index in [1.54, 1.807) is 6.07 Å². The molecule has 1 saturated carbocycles. The molecule has 1 amide bonds. The quantitative estimate of drug-likeness (QED) is 0.726. The first-order valence-electron chi connectivity index (χ1n) is 7.61. The van der Waals surface area contributed by atoms with E-state index in [-0.39, 0.29) is 5.91 Å². The number of aryl methyl sites for hydroxylation is 1. The zero-order valence-electron chi connectivity index (χ0n) is 12.8. The largest absolute Gasteiger partial charge is 0.325 e. The lowest BCUT2D eigenvalue weighted by Crippen LogP contribution is -2.36. The number of hydrogen-bond donors (Lipinski definition) is 2. The summed E-state index contributed by atoms with van der Waals surface area (Å²) in [5.74, 6) is -0.0326. The SMILES string of the molecule is CCN(CCNCC(=O)Nc1cc(Cl)ccc1C)C1CC1. The van der Waals surface area contributed by atoms with Crippen LogP contribution in [0.15, 0.2) is 18.2 Å². The fourth-order valence-electron chi connectivity index (χ4n) is 2.39. The number of nitrogens with zero attached hydrogens (tertiary/aromatic N) is 1. The number of amides is 1. The molecule has 2 rings (SSSR count). The van der Waals surface area contributed by atoms with Gasteiger partial charge in [0.15, 0.2) is 0 Å². The molecule has 0 bridgehead atoms. The predicted octanol–water partition coefficient (Wildman–Crippen LogP) is 2.66. The van der Waals surface area contributed by atoms with Crippen molar-refractivity contribution in [2.24, 2.45) is 0 Å². The maximum absolute atomic E-state index is 11.9. The second-order valence-electron chi connectivity index (χ2n) is 5.54. The van der Waals surface area contributed by atoms with Gasteiger partial charge in [-0.3, -0.25) is 9.69 Å². The van der Waals surface area contributed by atoms with Gasteiger partial charge >= 0.3 is 0 Å². The Morgan fingerprint density at radius 3 is 2.86 bits per heavy atom. The summed E-state index contributed by atoms with van der Waals surface area (Å²) in [6, 6.07) is 6.28. The Hall–Kier alpha value is -1.10. The highest BCUT2D eigenvalue weighted by atomic mass is 35.5. The van der Waals surface area contributed by atoms with Crippen LogP contribution in [-0.4, -0.2) is 43.0 Å². The van der Waals surface area contributed by atoms with Gasteiger partial charge in [-0.25, -0.2) is 0 Å². The molecule has 1 aromatic rings. The van der Waals surface area contributed by atoms with Gasteiger partial charge in [-0.1, -0.05) is 24.6 Å². The van der Waals surface area contributed by atoms with Crippen molar-refractivity contribution >= 4 is 23.2 Å². The van der Waals surface area contributed by atoms with Crippen LogP contribution in [0.1, 0.15) is 25.3 Å². The molecule has 1 fully saturated rings. The van der Waals surface area contributed by atoms with E-state index in [0.717, 1.165) is 36.9 Å². The number of nitrogens with one attached hydrogen (secondary N) is 2. The summed E-state index contributed by atoms with van der Waals surface area (Å²) in [6.07, 6.45) is 2.64. The zero-order valence-corrected chi connectivity index (χ0v) is 13.5. The van der Waals surface area contributed by atoms with Crippen molar-refractivity contribution in [2.45, 2.75) is 32.7 Å². The fraction of sp³-hybridized carbons (Fsp3) is 0.562. The summed E-state index contributed by atoms with van der Waals surface area (Å²) in [4.78, 5) is 14.4. The highest BCUT2D eigenvalue weighted by Gasteiger charge is 2.26. The number of carbonyl (C=O) groups is 1. The Labute approximate surface area is 131 Å². The number of anilines is 1. The lowest BCUT2D eigenvalue weighted by Gasteiger charge is -2.19. The number of halogens is 1. The molecule has 1 aliphatic rings. The van der Waals surface area contributed by atoms with Gasteiger partial charge in [-0.2, -0.15) is 0 Å². The molecule has 0 heterocycles. The number of likely N-dealkylation sites (N-methyl/N-ethyl adjacent to an activating group) is 1. The Bertz CT molecular complexity index is 488. The molecule has 0 radical (unpaired) electrons. The molecule has 116 valence electrons. The van der Waals surface area contributed by atoms with Crippen LogP contribution in [0.5, 0.6) is 0 Å². The summed E-state index contributed by atoms with van der Waals surface area (Å²) in [6.45, 7) is 7.40. The van der Waals surface area contributed by atoms with Crippen molar-refractivity contribution in [3.8, 4) is 0 Å². The molecule has 0 atom stereocenters. The molecule has 5 heteroatoms. The highest BCUT2D eigenvalue weighted by molar-refractivity contribution is 6.31. The van der Waals surface area contributed by atoms with Crippen LogP contribution in [0, 0.1) is 6.92 Å². The predicted molar refractivity (Wildman–Crippen MR) is 88.0 cm³/mol. The molecule has 21 heavy (non-hydrogen) atoms. The van der Waals surface area contributed by atoms with Crippen LogP contribution in [0.25, 0.3) is 0 Å². The molecule has 0 unspecified atom stereocenters. The van der Waals surface area contributed by atoms with Crippen molar-refractivity contribution < 1.29 is 4.79 Å². The molecule has 1 aromatic carbocycles. The molecule has 0 aromatic heterocycles. The van der Waals surface area contributed by atoms with Crippen LogP contribution in [0.2, 0.25) is 5.02 Å². The van der Waals surface area contributed by atoms with Gasteiger partial charge in [-0.05, 0) is 44.0 Å². The van der Waals surface area contributed by atoms with Crippen LogP contribution in [0.3, 0.4) is 0 Å². The first-order valence-corrected chi connectivity index (χ1v) is 7.98. The van der Waals surface area contributed by atoms with Crippen molar-refractivity contribution in [1.82, 2.24) is 10.2 Å². The zero-order chi connectivity index (χ0) is 15.2. The summed E-state index contributed by atoms with van der Waals surface area (Å²) >= 11 is 5.94. The van der Waals surface area contributed by atoms with Gasteiger partial charge in [0.25, 0.3) is 0 Å². The lowest BCUT2D eigenvalue weighted by atomic mass is 10.2. The van der Waals surface area contributed by atoms with Crippen molar-refractivity contribution in [2.75, 3.05) is 31.5 Å². The summed E-state index contributed by atoms with van der Waals surface area (Å²) in [5.41, 5.74) is 1.79. The third-order valence-corrected chi connectivity index (χ3v) is 4.04. The van der Waals surface area contributed by atoms with Gasteiger partial charge in [-0.15, -0.1) is 0 Å². The second-order valence-corrected chi connectivity index (χ2v) is 5.98. The number of rotatable bonds is 8. The number of benzene rings is 1. The first kappa shape index (κ1) is 16.3. The third-order valence-electron chi connectivity index (χ3n) is 3.80. The standard InChI is InChI=1S/C16H24ClN3O/c1-3-20(14-6-7-14)9-8-18-11-16(21)19-15-10-13(17)5-4-12(15)2/h4-5,10,14,18H,3,6-9,11H2,1-2H3,(H,19,21). The van der Waals surface area contributed by atoms with Gasteiger partial charge in [0, 0.05) is 29.8 Å². The van der Waals surface area contributed by atoms with Gasteiger partial charge in [0.05, 0.1) is 6.54 Å². The normalized spacial score (nSPS) is 14.5. The van der Waals surface area contributed by atoms with Crippen LogP contribution in [-0.2, 0) is 4.79 Å². The topological polar surface area (TPSA) is 44.4 Å². The van der Waals surface area contributed by atoms with Gasteiger partial charge < -0.3 is 10.6 Å². The third kappa shape index (κ3) is 5.30. The highest BCUT2D eigenvalue weighted by Crippen LogP contribution is 2.25. The minimum absolute atomic E-state index is 0.0326. The monoisotopic (exact) mass is 309 g/mol. The molecule has 0 saturated heterocycles. The van der Waals surface area contributed by atoms with E-state index in [0.29, 0.717) is 11.6 Å². The van der Waals surface area contributed by atoms with Crippen molar-refractivity contribution in [3.63, 3.8) is 0 Å². The Balaban J connectivity index is 1.68. The Morgan fingerprint density at radius 1 is 1.43 bits per heavy atom. The van der Waals surface area contributed by atoms with Crippen molar-refractivity contribution in [3.05, 3.63) is 28.8 Å². The molecule has 4 nitrogen and oxygen atoms in total. The van der Waals surface area contributed by atoms with Crippen LogP contribution < -0.4 is 10.6 Å². The van der Waals surface area contributed by atoms with Crippen molar-refractivity contribution in [1.29, 1.82) is 0 Å². The summed E-state index contributed by atoms with van der Waals surface area (Å²) in [7, 11) is 0. The molecule has 1 aliphatic carbocycles. The van der Waals surface area contributed by atoms with E-state index < -0.39 is 0 Å². The van der Waals surface area contributed by atoms with E-state index >= 15 is 0 Å². The first-order chi connectivity index (χ1) is 10.1. The van der Waals surface area contributed by atoms with E-state index in [2.05, 4.69) is 22.5 Å². The van der Waals surface area contributed by atoms with Gasteiger partial charge in [0.2, 0.25) is 5.91 Å². The van der Waals surface area contributed by atoms with E-state index in [1.807, 2.05) is 19.1 Å². The maximum Gasteiger partial charge on any atom is 0.238 e. The Kier molecular flexibility index (Phi) is 6.03. The number of carbonyl (C=O) groups excluding carboxylic acids is 1. The van der Waals surface area contributed by atoms with E-state index in [9.17, 15) is 4.79 Å². The van der Waals surface area contributed by atoms with Crippen LogP contribution >= 0.6 is 11.6 Å². The minimum Gasteiger partial charge on any atom is -0.325 e. The van der Waals surface area contributed by atoms with Gasteiger partial charge in [0.1, 0.15) is 0 Å². The molecular formula is C16H24ClN3O. The average molecular weight is 310 g/mol. The summed E-state index contributed by atoms with van der Waals surface area (Å²) < 4.78 is 0. The minimum atomic E-state index is -0.0326. The fourth-order valence-corrected chi connectivity index (χ4v) is 2.56. The van der Waals surface area contributed by atoms with E-state index in [4.69, 9.17) is 11.6 Å². The Morgan fingerprint density at radius 2 is 2.19 bits per heavy atom. The second kappa shape index (κ2) is 7.78. The van der Waals surface area contributed by atoms with Crippen LogP contribution in [0.4, 0.5) is 5.69 Å². The summed E-state index contributed by atoms with van der Waals surface area (Å²) in [5, 5.41) is 6.72. The smallest absolute Gasteiger partial charge is 0.238 e. The molecule has 0 spiro atoms. The molecular weight excluding hydrogens is 286 g/mol. The average Bonchev–Trinajstić information content (AvgIpc) is 3.27. The molecule has 2 N–H and O–H groups in total. The maximum atomic E-state index is 11.9. The molecule has 0 aliphatic heterocycles.